The first kappa shape index (κ1) is 129. The molecular formula is C88H196N22O2. The van der Waals surface area contributed by atoms with Crippen LogP contribution in [-0.2, 0) is 4.79 Å². The van der Waals surface area contributed by atoms with E-state index in [1.54, 1.807) is 13.8 Å². The number of unbranched alkanes of at least 4 members (excludes halogenated alkanes) is 6. The molecule has 7 unspecified atom stereocenters. The van der Waals surface area contributed by atoms with Crippen molar-refractivity contribution in [2.75, 3.05) is 0 Å². The Hall–Kier alpha value is -6.36. The quantitative estimate of drug-likeness (QED) is 0.0153. The van der Waals surface area contributed by atoms with Crippen LogP contribution in [0, 0.1) is 135 Å². The molecule has 0 bridgehead atoms. The van der Waals surface area contributed by atoms with Gasteiger partial charge in [0, 0.05) is 70.6 Å². The van der Waals surface area contributed by atoms with Crippen LogP contribution >= 0.6 is 0 Å². The fourth-order valence-corrected chi connectivity index (χ4v) is 10.4. The second-order valence-electron chi connectivity index (χ2n) is 35.3. The zero-order valence-electron chi connectivity index (χ0n) is 78.1. The summed E-state index contributed by atoms with van der Waals surface area (Å²) in [6.45, 7) is 55.8. The van der Waals surface area contributed by atoms with E-state index in [9.17, 15) is 4.79 Å². The van der Waals surface area contributed by atoms with E-state index in [1.807, 2.05) is 0 Å². The van der Waals surface area contributed by atoms with E-state index in [1.165, 1.54) is 103 Å². The number of carboxylic acid groups (broad SMARTS) is 1. The molecule has 0 saturated heterocycles. The molecule has 0 aromatic rings. The predicted octanol–water partition coefficient (Wildman–Crippen LogP) is 22.3. The highest BCUT2D eigenvalue weighted by molar-refractivity contribution is 5.80. The normalized spacial score (nSPS) is 12.4. The molecule has 670 valence electrons. The predicted molar refractivity (Wildman–Crippen MR) is 499 cm³/mol. The Morgan fingerprint density at radius 2 is 0.705 bits per heavy atom. The number of rotatable bonds is 51. The SMILES string of the molecule is CC(C)(CCCC(=N)N)C(=O)O.CC(C)C(C)CCC(=N)N.CC(C)CC(C)CC(=N)N.CC(C)CCCCC(=N)N.CCC(C)(C)CCC(=N)N.CCC(C)C(C)CC(=N)N.CCC(C)CCCC(=N)N.CCCC(C)(C)CC(=N)N.CCCC(C)CCC(=N)N.CCCCC(C)CC(=N)N.CCCCCCCC(=N)N. The largest absolute Gasteiger partial charge is 0.481 e. The molecule has 0 fully saturated rings. The van der Waals surface area contributed by atoms with Crippen LogP contribution in [0.1, 0.15) is 418 Å². The molecule has 0 aliphatic rings. The van der Waals surface area contributed by atoms with Crippen LogP contribution in [-0.4, -0.2) is 75.3 Å². The summed E-state index contributed by atoms with van der Waals surface area (Å²) in [6.07, 6.45) is 37.7. The average Bonchev–Trinajstić information content (AvgIpc) is 0.905. The van der Waals surface area contributed by atoms with Crippen LogP contribution in [0.2, 0.25) is 0 Å². The van der Waals surface area contributed by atoms with Crippen LogP contribution in [0.4, 0.5) is 0 Å². The van der Waals surface area contributed by atoms with E-state index in [-0.39, 0.29) is 11.3 Å². The minimum Gasteiger partial charge on any atom is -0.481 e. The van der Waals surface area contributed by atoms with Crippen LogP contribution in [0.5, 0.6) is 0 Å². The Kier molecular flexibility index (Phi) is 98.6. The lowest BCUT2D eigenvalue weighted by atomic mass is 9.84. The van der Waals surface area contributed by atoms with E-state index in [4.69, 9.17) is 128 Å². The zero-order valence-corrected chi connectivity index (χ0v) is 78.1. The highest BCUT2D eigenvalue weighted by Gasteiger charge is 2.26. The third-order valence-electron chi connectivity index (χ3n) is 19.2. The van der Waals surface area contributed by atoms with Gasteiger partial charge in [0.2, 0.25) is 0 Å². The lowest BCUT2D eigenvalue weighted by Crippen LogP contribution is -2.24. The van der Waals surface area contributed by atoms with Crippen LogP contribution in [0.25, 0.3) is 0 Å². The summed E-state index contributed by atoms with van der Waals surface area (Å²) < 4.78 is 0. The maximum atomic E-state index is 10.6. The Labute approximate surface area is 692 Å². The van der Waals surface area contributed by atoms with Crippen molar-refractivity contribution in [1.82, 2.24) is 0 Å². The van der Waals surface area contributed by atoms with Crippen molar-refractivity contribution in [2.45, 2.75) is 418 Å². The molecule has 112 heavy (non-hydrogen) atoms. The van der Waals surface area contributed by atoms with Gasteiger partial charge in [-0.3, -0.25) is 64.3 Å². The fraction of sp³-hybridized carbons (Fsp3) is 0.864. The van der Waals surface area contributed by atoms with Crippen molar-refractivity contribution < 1.29 is 9.90 Å². The first-order valence-electron chi connectivity index (χ1n) is 43.2. The van der Waals surface area contributed by atoms with Gasteiger partial charge in [-0.05, 0) is 148 Å². The molecule has 0 heterocycles. The molecule has 24 nitrogen and oxygen atoms in total. The number of aliphatic carboxylic acids is 1. The number of nitrogens with one attached hydrogen (secondary N) is 11. The number of carboxylic acids is 1. The molecule has 0 amide bonds. The topological polar surface area (TPSA) is 586 Å². The minimum absolute atomic E-state index is 0.121. The summed E-state index contributed by atoms with van der Waals surface area (Å²) in [5, 5.41) is 85.8. The molecule has 0 aliphatic carbocycles. The Morgan fingerprint density at radius 1 is 0.304 bits per heavy atom. The van der Waals surface area contributed by atoms with Gasteiger partial charge in [0.15, 0.2) is 0 Å². The molecule has 0 saturated carbocycles. The van der Waals surface area contributed by atoms with E-state index in [0.29, 0.717) is 124 Å². The summed E-state index contributed by atoms with van der Waals surface area (Å²) in [5.74, 6) is 9.31. The summed E-state index contributed by atoms with van der Waals surface area (Å²) in [6, 6.07) is 0. The summed E-state index contributed by atoms with van der Waals surface area (Å²) >= 11 is 0. The van der Waals surface area contributed by atoms with Crippen molar-refractivity contribution in [3.8, 4) is 0 Å². The van der Waals surface area contributed by atoms with Gasteiger partial charge in [0.25, 0.3) is 0 Å². The molecule has 0 spiro atoms. The molecule has 0 radical (unpaired) electrons. The number of hydrogen-bond acceptors (Lipinski definition) is 12. The molecule has 24 heteroatoms. The summed E-state index contributed by atoms with van der Waals surface area (Å²) in [5.41, 5.74) is 57.3. The molecule has 0 aliphatic heterocycles. The van der Waals surface area contributed by atoms with Gasteiger partial charge >= 0.3 is 5.97 Å². The number of amidine groups is 11. The maximum absolute atomic E-state index is 10.6. The summed E-state index contributed by atoms with van der Waals surface area (Å²) in [7, 11) is 0. The highest BCUT2D eigenvalue weighted by Crippen LogP contribution is 2.27. The van der Waals surface area contributed by atoms with Crippen LogP contribution in [0.15, 0.2) is 0 Å². The number of hydrogen-bond donors (Lipinski definition) is 23. The van der Waals surface area contributed by atoms with Crippen molar-refractivity contribution in [2.24, 2.45) is 138 Å². The van der Waals surface area contributed by atoms with Crippen LogP contribution in [0.3, 0.4) is 0 Å². The van der Waals surface area contributed by atoms with Gasteiger partial charge in [0.1, 0.15) is 0 Å². The smallest absolute Gasteiger partial charge is 0.309 e. The number of nitrogens with two attached hydrogens (primary N) is 11. The molecule has 34 N–H and O–H groups in total. The van der Waals surface area contributed by atoms with E-state index >= 15 is 0 Å². The first-order valence-corrected chi connectivity index (χ1v) is 43.2. The number of carbonyl (C=O) groups is 1. The van der Waals surface area contributed by atoms with Gasteiger partial charge in [-0.2, -0.15) is 0 Å². The van der Waals surface area contributed by atoms with Gasteiger partial charge in [-0.25, -0.2) is 0 Å². The van der Waals surface area contributed by atoms with E-state index in [2.05, 4.69) is 166 Å². The van der Waals surface area contributed by atoms with Gasteiger partial charge in [0.05, 0.1) is 69.6 Å². The zero-order chi connectivity index (χ0) is 90.4. The first-order chi connectivity index (χ1) is 51.3. The minimum atomic E-state index is -0.800. The second kappa shape index (κ2) is 85.5. The molecule has 7 atom stereocenters. The average molecular weight is 1590 g/mol. The fourth-order valence-electron chi connectivity index (χ4n) is 10.4. The molecule has 0 rings (SSSR count). The molecular weight excluding hydrogens is 1400 g/mol. The standard InChI is InChI=1S/C8H16N2O2.10C8H18N2/c1-8(2,7(11)12)5-3-4-6(9)10;1-6(2)4-7(3)5-8(9)10;1-6(2)7(3)4-5-8(9)10;1-7(2)5-3-4-6-8(9)10;1-4-8(2,3)6-5-7(9)10;1-4-6(2)7(3)5-8(9)10;1-4-5-8(2,3)6-7(9)10;1-3-7(2)5-4-6-8(9)10;1-3-4-7(2)5-6-8(9)10;1-3-4-5-7(2)6-8(9)10;1-2-3-4-5-6-7-8(9)10/h3-5H2,1-2H3,(H3,9,10)(H,11,12);2*6-7H,4-5H2,1-3H3,(H3,9,10);7H,3-6H2,1-2H3,(H3,9,10);4-6H2,1-3H3,(H3,9,10);6-7H,4-5H2,1-3H3,(H3,9,10);4-6H2,1-3H3,(H3,9,10);3*7H,3-6H2,1-2H3,(H3,9,10);2-7H2,1H3,(H3,9,10). The van der Waals surface area contributed by atoms with Crippen molar-refractivity contribution in [3.05, 3.63) is 0 Å². The van der Waals surface area contributed by atoms with Gasteiger partial charge in [-0.15, -0.1) is 0 Å². The van der Waals surface area contributed by atoms with Crippen molar-refractivity contribution >= 4 is 70.2 Å². The maximum Gasteiger partial charge on any atom is 0.309 e. The van der Waals surface area contributed by atoms with E-state index < -0.39 is 11.4 Å². The van der Waals surface area contributed by atoms with E-state index in [0.717, 1.165) is 133 Å². The van der Waals surface area contributed by atoms with Gasteiger partial charge < -0.3 is 68.2 Å². The third-order valence-corrected chi connectivity index (χ3v) is 19.2. The molecule has 0 aromatic carbocycles. The lowest BCUT2D eigenvalue weighted by molar-refractivity contribution is -0.147. The van der Waals surface area contributed by atoms with Crippen molar-refractivity contribution in [3.63, 3.8) is 0 Å². The summed E-state index contributed by atoms with van der Waals surface area (Å²) in [4.78, 5) is 10.6. The monoisotopic (exact) mass is 1590 g/mol. The second-order valence-corrected chi connectivity index (χ2v) is 35.3. The Morgan fingerprint density at radius 3 is 1.05 bits per heavy atom. The lowest BCUT2D eigenvalue weighted by Gasteiger charge is -2.22. The third kappa shape index (κ3) is 136. The Bertz CT molecular complexity index is 2320. The van der Waals surface area contributed by atoms with Crippen LogP contribution < -0.4 is 63.1 Å². The molecule has 0 aromatic heterocycles. The Balaban J connectivity index is -0.000000111. The van der Waals surface area contributed by atoms with Gasteiger partial charge in [-0.1, -0.05) is 269 Å². The van der Waals surface area contributed by atoms with Crippen molar-refractivity contribution in [1.29, 1.82) is 59.5 Å². The highest BCUT2D eigenvalue weighted by atomic mass is 16.4.